The third-order valence-corrected chi connectivity index (χ3v) is 3.82. The number of rotatable bonds is 8. The highest BCUT2D eigenvalue weighted by atomic mass is 16.5. The van der Waals surface area contributed by atoms with E-state index in [0.717, 1.165) is 5.75 Å². The molecule has 0 aliphatic carbocycles. The Hall–Kier alpha value is -3.35. The smallest absolute Gasteiger partial charge is 0.253 e. The molecule has 1 aromatic heterocycles. The van der Waals surface area contributed by atoms with Crippen LogP contribution in [0.3, 0.4) is 0 Å². The van der Waals surface area contributed by atoms with Crippen LogP contribution in [0, 0.1) is 6.92 Å². The molecule has 0 saturated carbocycles. The Morgan fingerprint density at radius 3 is 2.41 bits per heavy atom. The second-order valence-corrected chi connectivity index (χ2v) is 5.93. The standard InChI is InChI=1S/C20H21N3O4/c1-15-21-19(22-27-15)14-26-18-10-8-16(9-11-18)20(24)23(2)12-13-25-17-6-4-3-5-7-17/h3-11H,12-14H2,1-2H3. The number of ether oxygens (including phenoxy) is 2. The number of amides is 1. The number of aromatic nitrogens is 2. The van der Waals surface area contributed by atoms with Gasteiger partial charge in [0.25, 0.3) is 5.91 Å². The molecule has 0 atom stereocenters. The summed E-state index contributed by atoms with van der Waals surface area (Å²) < 4.78 is 16.1. The zero-order valence-electron chi connectivity index (χ0n) is 15.3. The van der Waals surface area contributed by atoms with Gasteiger partial charge < -0.3 is 18.9 Å². The van der Waals surface area contributed by atoms with E-state index in [-0.39, 0.29) is 12.5 Å². The molecular weight excluding hydrogens is 346 g/mol. The molecule has 0 N–H and O–H groups in total. The molecule has 7 heteroatoms. The predicted molar refractivity (Wildman–Crippen MR) is 98.7 cm³/mol. The Morgan fingerprint density at radius 2 is 1.74 bits per heavy atom. The summed E-state index contributed by atoms with van der Waals surface area (Å²) >= 11 is 0. The second-order valence-electron chi connectivity index (χ2n) is 5.93. The summed E-state index contributed by atoms with van der Waals surface area (Å²) in [5, 5.41) is 3.77. The van der Waals surface area contributed by atoms with Gasteiger partial charge in [0.1, 0.15) is 18.1 Å². The highest BCUT2D eigenvalue weighted by Gasteiger charge is 2.12. The fourth-order valence-electron chi connectivity index (χ4n) is 2.38. The number of para-hydroxylation sites is 1. The van der Waals surface area contributed by atoms with E-state index in [9.17, 15) is 4.79 Å². The van der Waals surface area contributed by atoms with E-state index in [1.165, 1.54) is 0 Å². The Balaban J connectivity index is 1.47. The molecule has 2 aromatic carbocycles. The van der Waals surface area contributed by atoms with Crippen LogP contribution >= 0.6 is 0 Å². The zero-order valence-corrected chi connectivity index (χ0v) is 15.3. The maximum Gasteiger partial charge on any atom is 0.253 e. The summed E-state index contributed by atoms with van der Waals surface area (Å²) in [4.78, 5) is 18.2. The van der Waals surface area contributed by atoms with Gasteiger partial charge in [0.15, 0.2) is 6.61 Å². The van der Waals surface area contributed by atoms with Crippen molar-refractivity contribution in [3.8, 4) is 11.5 Å². The van der Waals surface area contributed by atoms with Crippen LogP contribution in [0.4, 0.5) is 0 Å². The Bertz CT molecular complexity index is 862. The first kappa shape index (κ1) is 18.4. The van der Waals surface area contributed by atoms with Crippen molar-refractivity contribution in [2.75, 3.05) is 20.2 Å². The van der Waals surface area contributed by atoms with E-state index in [2.05, 4.69) is 10.1 Å². The number of carbonyl (C=O) groups excluding carboxylic acids is 1. The fraction of sp³-hybridized carbons (Fsp3) is 0.250. The largest absolute Gasteiger partial charge is 0.492 e. The van der Waals surface area contributed by atoms with Gasteiger partial charge in [-0.3, -0.25) is 4.79 Å². The Labute approximate surface area is 157 Å². The Morgan fingerprint density at radius 1 is 1.04 bits per heavy atom. The van der Waals surface area contributed by atoms with Gasteiger partial charge in [-0.1, -0.05) is 23.4 Å². The number of nitrogens with zero attached hydrogens (tertiary/aromatic N) is 3. The van der Waals surface area contributed by atoms with Crippen LogP contribution in [-0.2, 0) is 6.61 Å². The molecule has 0 unspecified atom stereocenters. The number of benzene rings is 2. The summed E-state index contributed by atoms with van der Waals surface area (Å²) in [7, 11) is 1.75. The van der Waals surface area contributed by atoms with E-state index in [4.69, 9.17) is 14.0 Å². The molecule has 3 aromatic rings. The van der Waals surface area contributed by atoms with Crippen molar-refractivity contribution >= 4 is 5.91 Å². The van der Waals surface area contributed by atoms with E-state index in [0.29, 0.717) is 36.2 Å². The van der Waals surface area contributed by atoms with E-state index >= 15 is 0 Å². The van der Waals surface area contributed by atoms with Crippen LogP contribution in [0.25, 0.3) is 0 Å². The molecule has 1 heterocycles. The lowest BCUT2D eigenvalue weighted by molar-refractivity contribution is 0.0773. The average molecular weight is 367 g/mol. The topological polar surface area (TPSA) is 77.7 Å². The quantitative estimate of drug-likeness (QED) is 0.609. The van der Waals surface area contributed by atoms with Crippen molar-refractivity contribution in [1.29, 1.82) is 0 Å². The summed E-state index contributed by atoms with van der Waals surface area (Å²) in [6, 6.07) is 16.5. The molecule has 0 radical (unpaired) electrons. The van der Waals surface area contributed by atoms with Gasteiger partial charge in [-0.15, -0.1) is 0 Å². The van der Waals surface area contributed by atoms with Gasteiger partial charge in [-0.05, 0) is 36.4 Å². The van der Waals surface area contributed by atoms with Gasteiger partial charge in [-0.25, -0.2) is 0 Å². The minimum Gasteiger partial charge on any atom is -0.492 e. The molecular formula is C20H21N3O4. The molecule has 0 fully saturated rings. The predicted octanol–water partition coefficient (Wildman–Crippen LogP) is 3.11. The lowest BCUT2D eigenvalue weighted by Crippen LogP contribution is -2.30. The minimum absolute atomic E-state index is 0.0768. The van der Waals surface area contributed by atoms with Gasteiger partial charge >= 0.3 is 0 Å². The zero-order chi connectivity index (χ0) is 19.1. The molecule has 0 saturated heterocycles. The third-order valence-electron chi connectivity index (χ3n) is 3.82. The second kappa shape index (κ2) is 8.84. The van der Waals surface area contributed by atoms with Crippen LogP contribution < -0.4 is 9.47 Å². The van der Waals surface area contributed by atoms with Crippen molar-refractivity contribution in [2.45, 2.75) is 13.5 Å². The number of likely N-dealkylation sites (N-methyl/N-ethyl adjacent to an activating group) is 1. The first-order valence-electron chi connectivity index (χ1n) is 8.57. The normalized spacial score (nSPS) is 10.4. The number of aryl methyl sites for hydroxylation is 1. The summed E-state index contributed by atoms with van der Waals surface area (Å²) in [5.74, 6) is 2.31. The number of hydrogen-bond acceptors (Lipinski definition) is 6. The summed E-state index contributed by atoms with van der Waals surface area (Å²) in [6.45, 7) is 2.85. The van der Waals surface area contributed by atoms with E-state index in [1.807, 2.05) is 30.3 Å². The first-order valence-corrected chi connectivity index (χ1v) is 8.57. The molecule has 27 heavy (non-hydrogen) atoms. The summed E-state index contributed by atoms with van der Waals surface area (Å²) in [5.41, 5.74) is 0.583. The molecule has 0 bridgehead atoms. The van der Waals surface area contributed by atoms with Crippen LogP contribution in [0.1, 0.15) is 22.1 Å². The van der Waals surface area contributed by atoms with Crippen molar-refractivity contribution in [3.05, 3.63) is 71.9 Å². The maximum absolute atomic E-state index is 12.5. The summed E-state index contributed by atoms with van der Waals surface area (Å²) in [6.07, 6.45) is 0. The van der Waals surface area contributed by atoms with Crippen LogP contribution in [0.5, 0.6) is 11.5 Å². The lowest BCUT2D eigenvalue weighted by atomic mass is 10.2. The van der Waals surface area contributed by atoms with Crippen molar-refractivity contribution in [3.63, 3.8) is 0 Å². The lowest BCUT2D eigenvalue weighted by Gasteiger charge is -2.17. The van der Waals surface area contributed by atoms with Gasteiger partial charge in [-0.2, -0.15) is 4.98 Å². The molecule has 0 aliphatic rings. The molecule has 3 rings (SSSR count). The highest BCUT2D eigenvalue weighted by Crippen LogP contribution is 2.15. The van der Waals surface area contributed by atoms with Crippen molar-refractivity contribution < 1.29 is 18.8 Å². The van der Waals surface area contributed by atoms with Gasteiger partial charge in [0.2, 0.25) is 11.7 Å². The van der Waals surface area contributed by atoms with Crippen LogP contribution in [0.2, 0.25) is 0 Å². The number of carbonyl (C=O) groups is 1. The molecule has 7 nitrogen and oxygen atoms in total. The maximum atomic E-state index is 12.5. The Kier molecular flexibility index (Phi) is 6.04. The van der Waals surface area contributed by atoms with E-state index in [1.54, 1.807) is 43.1 Å². The SMILES string of the molecule is Cc1nc(COc2ccc(C(=O)N(C)CCOc3ccccc3)cc2)no1. The fourth-order valence-corrected chi connectivity index (χ4v) is 2.38. The molecule has 140 valence electrons. The number of hydrogen-bond donors (Lipinski definition) is 0. The first-order chi connectivity index (χ1) is 13.1. The van der Waals surface area contributed by atoms with E-state index < -0.39 is 0 Å². The monoisotopic (exact) mass is 367 g/mol. The average Bonchev–Trinajstić information content (AvgIpc) is 3.12. The highest BCUT2D eigenvalue weighted by molar-refractivity contribution is 5.94. The van der Waals surface area contributed by atoms with Crippen LogP contribution in [-0.4, -0.2) is 41.1 Å². The molecule has 0 aliphatic heterocycles. The van der Waals surface area contributed by atoms with Gasteiger partial charge in [0, 0.05) is 19.5 Å². The molecule has 1 amide bonds. The van der Waals surface area contributed by atoms with Crippen molar-refractivity contribution in [2.24, 2.45) is 0 Å². The van der Waals surface area contributed by atoms with Crippen molar-refractivity contribution in [1.82, 2.24) is 15.0 Å². The van der Waals surface area contributed by atoms with Crippen LogP contribution in [0.15, 0.2) is 59.1 Å². The minimum atomic E-state index is -0.0768. The molecule has 0 spiro atoms. The third kappa shape index (κ3) is 5.31. The van der Waals surface area contributed by atoms with Gasteiger partial charge in [0.05, 0.1) is 6.54 Å².